The first kappa shape index (κ1) is 13.3. The fourth-order valence-electron chi connectivity index (χ4n) is 3.05. The molecule has 0 aromatic rings. The van der Waals surface area contributed by atoms with Crippen LogP contribution >= 0.6 is 0 Å². The van der Waals surface area contributed by atoms with E-state index >= 15 is 0 Å². The van der Waals surface area contributed by atoms with E-state index < -0.39 is 0 Å². The second-order valence-corrected chi connectivity index (χ2v) is 5.66. The molecule has 2 rings (SSSR count). The van der Waals surface area contributed by atoms with Crippen LogP contribution in [0.25, 0.3) is 0 Å². The molecule has 3 heteroatoms. The Kier molecular flexibility index (Phi) is 5.26. The van der Waals surface area contributed by atoms with Gasteiger partial charge in [0.15, 0.2) is 0 Å². The molecule has 0 amide bonds. The third kappa shape index (κ3) is 3.94. The van der Waals surface area contributed by atoms with E-state index in [0.29, 0.717) is 0 Å². The summed E-state index contributed by atoms with van der Waals surface area (Å²) in [6.45, 7) is 6.75. The van der Waals surface area contributed by atoms with E-state index in [2.05, 4.69) is 17.1 Å². The summed E-state index contributed by atoms with van der Waals surface area (Å²) in [5.74, 6) is 0.954. The predicted octanol–water partition coefficient (Wildman–Crippen LogP) is 1.88. The Morgan fingerprint density at radius 2 is 2.12 bits per heavy atom. The number of hydrogen-bond donors (Lipinski definition) is 1. The number of methoxy groups -OCH3 is 1. The molecule has 2 fully saturated rings. The molecule has 100 valence electrons. The highest BCUT2D eigenvalue weighted by atomic mass is 16.5. The van der Waals surface area contributed by atoms with Crippen LogP contribution in [-0.4, -0.2) is 50.3 Å². The molecule has 0 bridgehead atoms. The minimum Gasteiger partial charge on any atom is -0.383 e. The van der Waals surface area contributed by atoms with Crippen LogP contribution in [0.15, 0.2) is 0 Å². The molecule has 17 heavy (non-hydrogen) atoms. The average molecular weight is 240 g/mol. The Labute approximate surface area is 106 Å². The molecule has 1 saturated carbocycles. The molecule has 2 atom stereocenters. The van der Waals surface area contributed by atoms with Crippen LogP contribution in [0.3, 0.4) is 0 Å². The fourth-order valence-corrected chi connectivity index (χ4v) is 3.05. The second kappa shape index (κ2) is 6.72. The molecule has 1 aliphatic heterocycles. The predicted molar refractivity (Wildman–Crippen MR) is 71.3 cm³/mol. The summed E-state index contributed by atoms with van der Waals surface area (Å²) in [5, 5.41) is 3.59. The fraction of sp³-hybridized carbons (Fsp3) is 1.00. The number of nitrogens with zero attached hydrogens (tertiary/aromatic N) is 1. The molecule has 1 aliphatic carbocycles. The van der Waals surface area contributed by atoms with E-state index in [9.17, 15) is 0 Å². The van der Waals surface area contributed by atoms with Crippen molar-refractivity contribution in [3.8, 4) is 0 Å². The zero-order chi connectivity index (χ0) is 12.1. The lowest BCUT2D eigenvalue weighted by atomic mass is 10.1. The van der Waals surface area contributed by atoms with Crippen molar-refractivity contribution >= 4 is 0 Å². The SMILES string of the molecule is COCCN(C1CCCCNC1)C(C)C1CC1. The Morgan fingerprint density at radius 1 is 1.29 bits per heavy atom. The molecule has 2 unspecified atom stereocenters. The molecule has 1 heterocycles. The highest BCUT2D eigenvalue weighted by Gasteiger charge is 2.34. The van der Waals surface area contributed by atoms with Crippen molar-refractivity contribution in [1.29, 1.82) is 0 Å². The average Bonchev–Trinajstić information content (AvgIpc) is 3.17. The van der Waals surface area contributed by atoms with E-state index in [4.69, 9.17) is 4.74 Å². The Hall–Kier alpha value is -0.120. The summed E-state index contributed by atoms with van der Waals surface area (Å²) in [6, 6.07) is 1.47. The van der Waals surface area contributed by atoms with E-state index in [1.54, 1.807) is 0 Å². The maximum Gasteiger partial charge on any atom is 0.0589 e. The number of rotatable bonds is 6. The lowest BCUT2D eigenvalue weighted by Gasteiger charge is -2.36. The minimum atomic E-state index is 0.725. The molecule has 1 N–H and O–H groups in total. The maximum atomic E-state index is 5.28. The van der Waals surface area contributed by atoms with Gasteiger partial charge in [0, 0.05) is 32.3 Å². The first-order valence-corrected chi connectivity index (χ1v) is 7.28. The summed E-state index contributed by atoms with van der Waals surface area (Å²) >= 11 is 0. The quantitative estimate of drug-likeness (QED) is 0.767. The molecule has 0 spiro atoms. The Bertz CT molecular complexity index is 210. The highest BCUT2D eigenvalue weighted by molar-refractivity contribution is 4.89. The summed E-state index contributed by atoms with van der Waals surface area (Å²) < 4.78 is 5.28. The molecule has 0 aromatic carbocycles. The van der Waals surface area contributed by atoms with Crippen LogP contribution in [0.4, 0.5) is 0 Å². The van der Waals surface area contributed by atoms with Gasteiger partial charge in [-0.05, 0) is 45.1 Å². The van der Waals surface area contributed by atoms with Gasteiger partial charge in [0.1, 0.15) is 0 Å². The molecule has 0 radical (unpaired) electrons. The first-order chi connectivity index (χ1) is 8.33. The van der Waals surface area contributed by atoms with Crippen LogP contribution in [0, 0.1) is 5.92 Å². The smallest absolute Gasteiger partial charge is 0.0589 e. The van der Waals surface area contributed by atoms with E-state index in [0.717, 1.165) is 31.2 Å². The molecule has 1 saturated heterocycles. The van der Waals surface area contributed by atoms with Crippen LogP contribution < -0.4 is 5.32 Å². The third-order valence-corrected chi connectivity index (χ3v) is 4.37. The Morgan fingerprint density at radius 3 is 2.82 bits per heavy atom. The zero-order valence-corrected chi connectivity index (χ0v) is 11.5. The molecule has 3 nitrogen and oxygen atoms in total. The van der Waals surface area contributed by atoms with Crippen molar-refractivity contribution in [2.45, 2.75) is 51.1 Å². The van der Waals surface area contributed by atoms with Crippen molar-refractivity contribution in [3.63, 3.8) is 0 Å². The lowest BCUT2D eigenvalue weighted by molar-refractivity contribution is 0.0787. The largest absolute Gasteiger partial charge is 0.383 e. The first-order valence-electron chi connectivity index (χ1n) is 7.28. The maximum absolute atomic E-state index is 5.28. The van der Waals surface area contributed by atoms with Crippen LogP contribution in [-0.2, 0) is 4.74 Å². The van der Waals surface area contributed by atoms with E-state index in [-0.39, 0.29) is 0 Å². The van der Waals surface area contributed by atoms with Gasteiger partial charge in [-0.1, -0.05) is 6.42 Å². The standard InChI is InChI=1S/C14H28N2O/c1-12(13-6-7-13)16(9-10-17-2)14-5-3-4-8-15-11-14/h12-15H,3-11H2,1-2H3. The second-order valence-electron chi connectivity index (χ2n) is 5.66. The van der Waals surface area contributed by atoms with Gasteiger partial charge in [0.05, 0.1) is 6.61 Å². The van der Waals surface area contributed by atoms with Crippen molar-refractivity contribution in [1.82, 2.24) is 10.2 Å². The van der Waals surface area contributed by atoms with Gasteiger partial charge in [0.2, 0.25) is 0 Å². The number of hydrogen-bond acceptors (Lipinski definition) is 3. The number of nitrogens with one attached hydrogen (secondary N) is 1. The third-order valence-electron chi connectivity index (χ3n) is 4.37. The molecular weight excluding hydrogens is 212 g/mol. The Balaban J connectivity index is 1.91. The minimum absolute atomic E-state index is 0.725. The van der Waals surface area contributed by atoms with Gasteiger partial charge < -0.3 is 10.1 Å². The van der Waals surface area contributed by atoms with Crippen molar-refractivity contribution in [2.24, 2.45) is 5.92 Å². The molecule has 0 aromatic heterocycles. The van der Waals surface area contributed by atoms with Gasteiger partial charge in [-0.2, -0.15) is 0 Å². The molecular formula is C14H28N2O. The van der Waals surface area contributed by atoms with Gasteiger partial charge in [-0.3, -0.25) is 4.90 Å². The summed E-state index contributed by atoms with van der Waals surface area (Å²) in [4.78, 5) is 2.71. The zero-order valence-electron chi connectivity index (χ0n) is 11.5. The normalized spacial score (nSPS) is 28.1. The van der Waals surface area contributed by atoms with Crippen molar-refractivity contribution in [3.05, 3.63) is 0 Å². The summed E-state index contributed by atoms with van der Waals surface area (Å²) in [6.07, 6.45) is 6.94. The topological polar surface area (TPSA) is 24.5 Å². The summed E-state index contributed by atoms with van der Waals surface area (Å²) in [7, 11) is 1.81. The van der Waals surface area contributed by atoms with Crippen LogP contribution in [0.5, 0.6) is 0 Å². The van der Waals surface area contributed by atoms with Crippen LogP contribution in [0.1, 0.15) is 39.0 Å². The van der Waals surface area contributed by atoms with Gasteiger partial charge in [-0.15, -0.1) is 0 Å². The highest BCUT2D eigenvalue weighted by Crippen LogP contribution is 2.36. The van der Waals surface area contributed by atoms with Gasteiger partial charge >= 0.3 is 0 Å². The van der Waals surface area contributed by atoms with Crippen LogP contribution in [0.2, 0.25) is 0 Å². The van der Waals surface area contributed by atoms with Gasteiger partial charge in [0.25, 0.3) is 0 Å². The van der Waals surface area contributed by atoms with Crippen molar-refractivity contribution in [2.75, 3.05) is 33.4 Å². The monoisotopic (exact) mass is 240 g/mol. The van der Waals surface area contributed by atoms with Crippen molar-refractivity contribution < 1.29 is 4.74 Å². The van der Waals surface area contributed by atoms with Gasteiger partial charge in [-0.25, -0.2) is 0 Å². The van der Waals surface area contributed by atoms with E-state index in [1.165, 1.54) is 45.2 Å². The lowest BCUT2D eigenvalue weighted by Crippen LogP contribution is -2.48. The van der Waals surface area contributed by atoms with E-state index in [1.807, 2.05) is 7.11 Å². The number of ether oxygens (including phenoxy) is 1. The molecule has 2 aliphatic rings. The summed E-state index contributed by atoms with van der Waals surface area (Å²) in [5.41, 5.74) is 0.